The summed E-state index contributed by atoms with van der Waals surface area (Å²) in [6, 6.07) is 7.78. The molecule has 1 aromatic heterocycles. The third-order valence-corrected chi connectivity index (χ3v) is 3.58. The van der Waals surface area contributed by atoms with Crippen molar-refractivity contribution < 1.29 is 4.79 Å². The van der Waals surface area contributed by atoms with Gasteiger partial charge >= 0.3 is 0 Å². The highest BCUT2D eigenvalue weighted by molar-refractivity contribution is 5.82. The van der Waals surface area contributed by atoms with E-state index >= 15 is 0 Å². The molecule has 2 rings (SSSR count). The smallest absolute Gasteiger partial charge is 0.253 e. The van der Waals surface area contributed by atoms with E-state index in [9.17, 15) is 9.59 Å². The van der Waals surface area contributed by atoms with Gasteiger partial charge in [0.1, 0.15) is 0 Å². The maximum Gasteiger partial charge on any atom is 0.253 e. The lowest BCUT2D eigenvalue weighted by Gasteiger charge is -2.18. The van der Waals surface area contributed by atoms with Crippen molar-refractivity contribution in [2.45, 2.75) is 33.7 Å². The van der Waals surface area contributed by atoms with Gasteiger partial charge in [-0.3, -0.25) is 9.59 Å². The van der Waals surface area contributed by atoms with Crippen molar-refractivity contribution >= 4 is 16.8 Å². The fourth-order valence-corrected chi connectivity index (χ4v) is 2.39. The normalized spacial score (nSPS) is 11.1. The molecule has 0 aliphatic rings. The molecule has 0 bridgehead atoms. The average molecular weight is 286 g/mol. The van der Waals surface area contributed by atoms with Crippen molar-refractivity contribution in [2.24, 2.45) is 5.92 Å². The number of hydrogen-bond acceptors (Lipinski definition) is 2. The molecular weight excluding hydrogens is 264 g/mol. The lowest BCUT2D eigenvalue weighted by Crippen LogP contribution is -2.30. The van der Waals surface area contributed by atoms with Crippen LogP contribution in [0.1, 0.15) is 31.4 Å². The van der Waals surface area contributed by atoms with Gasteiger partial charge in [-0.25, -0.2) is 0 Å². The molecule has 0 spiro atoms. The van der Waals surface area contributed by atoms with Gasteiger partial charge in [0.15, 0.2) is 0 Å². The molecule has 0 unspecified atom stereocenters. The Balaban J connectivity index is 2.29. The number of aryl methyl sites for hydroxylation is 1. The molecule has 0 saturated carbocycles. The number of fused-ring (bicyclic) bond motifs is 1. The van der Waals surface area contributed by atoms with E-state index in [1.54, 1.807) is 11.9 Å². The Bertz CT molecular complexity index is 716. The molecule has 0 fully saturated rings. The fraction of sp³-hybridized carbons (Fsp3) is 0.412. The third kappa shape index (κ3) is 3.51. The van der Waals surface area contributed by atoms with E-state index in [0.717, 1.165) is 16.5 Å². The molecule has 112 valence electrons. The van der Waals surface area contributed by atoms with Gasteiger partial charge < -0.3 is 9.88 Å². The number of rotatable bonds is 4. The molecule has 0 aliphatic carbocycles. The number of pyridine rings is 1. The molecule has 4 nitrogen and oxygen atoms in total. The van der Waals surface area contributed by atoms with E-state index in [2.05, 4.69) is 4.98 Å². The Morgan fingerprint density at radius 3 is 2.71 bits per heavy atom. The topological polar surface area (TPSA) is 53.2 Å². The minimum Gasteiger partial charge on any atom is -0.341 e. The van der Waals surface area contributed by atoms with Crippen LogP contribution in [0.4, 0.5) is 0 Å². The van der Waals surface area contributed by atoms with Crippen LogP contribution in [-0.2, 0) is 11.3 Å². The second kappa shape index (κ2) is 6.12. The van der Waals surface area contributed by atoms with Gasteiger partial charge in [0.05, 0.1) is 12.1 Å². The number of nitrogens with zero attached hydrogens (tertiary/aromatic N) is 1. The first kappa shape index (κ1) is 15.3. The summed E-state index contributed by atoms with van der Waals surface area (Å²) < 4.78 is 0. The van der Waals surface area contributed by atoms with Crippen LogP contribution >= 0.6 is 0 Å². The first-order valence-corrected chi connectivity index (χ1v) is 7.24. The van der Waals surface area contributed by atoms with Crippen LogP contribution in [0.5, 0.6) is 0 Å². The summed E-state index contributed by atoms with van der Waals surface area (Å²) >= 11 is 0. The number of amides is 1. The van der Waals surface area contributed by atoms with Crippen molar-refractivity contribution in [1.29, 1.82) is 0 Å². The highest BCUT2D eigenvalue weighted by Crippen LogP contribution is 2.15. The number of hydrogen-bond donors (Lipinski definition) is 1. The molecule has 4 heteroatoms. The van der Waals surface area contributed by atoms with E-state index in [0.29, 0.717) is 24.4 Å². The standard InChI is InChI=1S/C17H22N2O2/c1-11(2)8-15(20)19(4)10-14-9-13-7-5-6-12(3)16(13)18-17(14)21/h5-7,9,11H,8,10H2,1-4H3,(H,18,21). The summed E-state index contributed by atoms with van der Waals surface area (Å²) in [5.41, 5.74) is 2.40. The van der Waals surface area contributed by atoms with E-state index < -0.39 is 0 Å². The molecule has 1 N–H and O–H groups in total. The van der Waals surface area contributed by atoms with Gasteiger partial charge in [0.25, 0.3) is 5.56 Å². The Hall–Kier alpha value is -2.10. The average Bonchev–Trinajstić information content (AvgIpc) is 2.40. The summed E-state index contributed by atoms with van der Waals surface area (Å²) in [6.45, 7) is 6.33. The van der Waals surface area contributed by atoms with Gasteiger partial charge in [-0.1, -0.05) is 32.0 Å². The quantitative estimate of drug-likeness (QED) is 0.939. The van der Waals surface area contributed by atoms with E-state index in [4.69, 9.17) is 0 Å². The maximum absolute atomic E-state index is 12.2. The van der Waals surface area contributed by atoms with Crippen LogP contribution in [-0.4, -0.2) is 22.8 Å². The summed E-state index contributed by atoms with van der Waals surface area (Å²) in [5.74, 6) is 0.381. The molecule has 0 saturated heterocycles. The molecule has 21 heavy (non-hydrogen) atoms. The zero-order chi connectivity index (χ0) is 15.6. The van der Waals surface area contributed by atoms with Crippen molar-refractivity contribution in [3.8, 4) is 0 Å². The molecule has 0 atom stereocenters. The van der Waals surface area contributed by atoms with Gasteiger partial charge in [-0.2, -0.15) is 0 Å². The molecule has 2 aromatic rings. The van der Waals surface area contributed by atoms with Gasteiger partial charge in [0, 0.05) is 19.0 Å². The van der Waals surface area contributed by atoms with Gasteiger partial charge in [-0.05, 0) is 29.9 Å². The second-order valence-electron chi connectivity index (χ2n) is 6.01. The SMILES string of the molecule is Cc1cccc2cc(CN(C)C(=O)CC(C)C)c(=O)[nH]c12. The van der Waals surface area contributed by atoms with Gasteiger partial charge in [-0.15, -0.1) is 0 Å². The number of carbonyl (C=O) groups excluding carboxylic acids is 1. The lowest BCUT2D eigenvalue weighted by molar-refractivity contribution is -0.131. The maximum atomic E-state index is 12.2. The molecular formula is C17H22N2O2. The van der Waals surface area contributed by atoms with Crippen molar-refractivity contribution in [2.75, 3.05) is 7.05 Å². The largest absolute Gasteiger partial charge is 0.341 e. The number of benzene rings is 1. The van der Waals surface area contributed by atoms with Crippen LogP contribution in [0.2, 0.25) is 0 Å². The molecule has 0 aliphatic heterocycles. The van der Waals surface area contributed by atoms with Crippen molar-refractivity contribution in [1.82, 2.24) is 9.88 Å². The summed E-state index contributed by atoms with van der Waals surface area (Å²) in [6.07, 6.45) is 0.501. The number of carbonyl (C=O) groups is 1. The fourth-order valence-electron chi connectivity index (χ4n) is 2.39. The Morgan fingerprint density at radius 1 is 1.33 bits per heavy atom. The van der Waals surface area contributed by atoms with Crippen molar-refractivity contribution in [3.05, 3.63) is 45.7 Å². The first-order valence-electron chi connectivity index (χ1n) is 7.24. The number of aromatic amines is 1. The third-order valence-electron chi connectivity index (χ3n) is 3.58. The zero-order valence-electron chi connectivity index (χ0n) is 13.1. The monoisotopic (exact) mass is 286 g/mol. The summed E-state index contributed by atoms with van der Waals surface area (Å²) in [7, 11) is 1.74. The Kier molecular flexibility index (Phi) is 4.46. The van der Waals surface area contributed by atoms with Crippen LogP contribution in [0.3, 0.4) is 0 Å². The predicted octanol–water partition coefficient (Wildman–Crippen LogP) is 2.84. The van der Waals surface area contributed by atoms with Crippen LogP contribution in [0, 0.1) is 12.8 Å². The minimum atomic E-state index is -0.124. The molecule has 1 heterocycles. The molecule has 1 aromatic carbocycles. The molecule has 0 radical (unpaired) electrons. The molecule has 1 amide bonds. The first-order chi connectivity index (χ1) is 9.88. The number of aromatic nitrogens is 1. The highest BCUT2D eigenvalue weighted by atomic mass is 16.2. The summed E-state index contributed by atoms with van der Waals surface area (Å²) in [5, 5.41) is 0.995. The lowest BCUT2D eigenvalue weighted by atomic mass is 10.1. The van der Waals surface area contributed by atoms with E-state index in [1.165, 1.54) is 0 Å². The predicted molar refractivity (Wildman–Crippen MR) is 85.2 cm³/mol. The van der Waals surface area contributed by atoms with Gasteiger partial charge in [0.2, 0.25) is 5.91 Å². The Labute approximate surface area is 124 Å². The van der Waals surface area contributed by atoms with Crippen LogP contribution < -0.4 is 5.56 Å². The highest BCUT2D eigenvalue weighted by Gasteiger charge is 2.13. The van der Waals surface area contributed by atoms with Crippen LogP contribution in [0.25, 0.3) is 10.9 Å². The number of para-hydroxylation sites is 1. The van der Waals surface area contributed by atoms with Crippen LogP contribution in [0.15, 0.2) is 29.1 Å². The Morgan fingerprint density at radius 2 is 2.05 bits per heavy atom. The minimum absolute atomic E-state index is 0.0636. The summed E-state index contributed by atoms with van der Waals surface area (Å²) in [4.78, 5) is 28.7. The second-order valence-corrected chi connectivity index (χ2v) is 6.01. The number of H-pyrrole nitrogens is 1. The van der Waals surface area contributed by atoms with E-state index in [1.807, 2.05) is 45.0 Å². The van der Waals surface area contributed by atoms with Crippen molar-refractivity contribution in [3.63, 3.8) is 0 Å². The number of nitrogens with one attached hydrogen (secondary N) is 1. The zero-order valence-corrected chi connectivity index (χ0v) is 13.1. The van der Waals surface area contributed by atoms with E-state index in [-0.39, 0.29) is 11.5 Å².